The summed E-state index contributed by atoms with van der Waals surface area (Å²) in [4.78, 5) is 2.45. The van der Waals surface area contributed by atoms with E-state index >= 15 is 0 Å². The second-order valence-corrected chi connectivity index (χ2v) is 6.49. The summed E-state index contributed by atoms with van der Waals surface area (Å²) in [6.45, 7) is 7.52. The first-order chi connectivity index (χ1) is 10.7. The summed E-state index contributed by atoms with van der Waals surface area (Å²) in [5.41, 5.74) is 3.63. The zero-order valence-electron chi connectivity index (χ0n) is 13.5. The smallest absolute Gasteiger partial charge is 0.124 e. The highest BCUT2D eigenvalue weighted by atomic mass is 16.5. The van der Waals surface area contributed by atoms with Gasteiger partial charge in [-0.25, -0.2) is 0 Å². The zero-order valence-corrected chi connectivity index (χ0v) is 13.5. The summed E-state index contributed by atoms with van der Waals surface area (Å²) in [5.74, 6) is 0.585. The number of rotatable bonds is 5. The van der Waals surface area contributed by atoms with Crippen molar-refractivity contribution in [1.82, 2.24) is 10.1 Å². The van der Waals surface area contributed by atoms with E-state index in [1.54, 1.807) is 6.26 Å². The Morgan fingerprint density at radius 2 is 2.09 bits per heavy atom. The van der Waals surface area contributed by atoms with Crippen LogP contribution >= 0.6 is 0 Å². The van der Waals surface area contributed by atoms with Gasteiger partial charge in [-0.3, -0.25) is 4.90 Å². The van der Waals surface area contributed by atoms with E-state index in [0.29, 0.717) is 12.0 Å². The summed E-state index contributed by atoms with van der Waals surface area (Å²) in [5, 5.41) is 7.68. The third-order valence-electron chi connectivity index (χ3n) is 4.33. The number of piperidine rings is 1. The van der Waals surface area contributed by atoms with E-state index in [1.807, 2.05) is 6.07 Å². The van der Waals surface area contributed by atoms with Gasteiger partial charge in [-0.15, -0.1) is 0 Å². The molecule has 4 heteroatoms. The van der Waals surface area contributed by atoms with Gasteiger partial charge in [0.05, 0.1) is 5.69 Å². The average molecular weight is 299 g/mol. The second-order valence-electron chi connectivity index (χ2n) is 6.49. The van der Waals surface area contributed by atoms with Crippen LogP contribution in [0.25, 0.3) is 0 Å². The first kappa shape index (κ1) is 15.1. The zero-order chi connectivity index (χ0) is 15.4. The molecule has 0 amide bonds. The lowest BCUT2D eigenvalue weighted by Crippen LogP contribution is -2.41. The molecule has 4 nitrogen and oxygen atoms in total. The number of benzene rings is 1. The fraction of sp³-hybridized carbons (Fsp3) is 0.500. The van der Waals surface area contributed by atoms with Crippen molar-refractivity contribution in [2.24, 2.45) is 0 Å². The Kier molecular flexibility index (Phi) is 4.78. The predicted molar refractivity (Wildman–Crippen MR) is 89.0 cm³/mol. The highest BCUT2D eigenvalue weighted by Gasteiger charge is 2.20. The van der Waals surface area contributed by atoms with Gasteiger partial charge in [-0.1, -0.05) is 31.1 Å². The van der Waals surface area contributed by atoms with Crippen LogP contribution in [-0.4, -0.2) is 29.2 Å². The number of likely N-dealkylation sites (tertiary alicyclic amines) is 1. The molecule has 1 aliphatic rings. The van der Waals surface area contributed by atoms with E-state index < -0.39 is 0 Å². The van der Waals surface area contributed by atoms with E-state index in [2.05, 4.69) is 53.5 Å². The monoisotopic (exact) mass is 299 g/mol. The molecule has 0 saturated carbocycles. The highest BCUT2D eigenvalue weighted by molar-refractivity contribution is 5.46. The SMILES string of the molecule is CC(C)c1ccc(NC2CCCN(Cc3ccon3)C2)cc1. The molecule has 1 fully saturated rings. The van der Waals surface area contributed by atoms with E-state index in [-0.39, 0.29) is 0 Å². The largest absolute Gasteiger partial charge is 0.381 e. The molecular formula is C18H25N3O. The molecule has 1 atom stereocenters. The molecule has 22 heavy (non-hydrogen) atoms. The van der Waals surface area contributed by atoms with Crippen LogP contribution in [0, 0.1) is 0 Å². The normalized spacial score (nSPS) is 19.5. The summed E-state index contributed by atoms with van der Waals surface area (Å²) in [7, 11) is 0. The van der Waals surface area contributed by atoms with E-state index in [0.717, 1.165) is 25.3 Å². The third-order valence-corrected chi connectivity index (χ3v) is 4.33. The molecule has 0 aliphatic carbocycles. The van der Waals surface area contributed by atoms with Crippen LogP contribution in [0.5, 0.6) is 0 Å². The maximum absolute atomic E-state index is 4.92. The first-order valence-corrected chi connectivity index (χ1v) is 8.19. The van der Waals surface area contributed by atoms with Crippen molar-refractivity contribution in [3.63, 3.8) is 0 Å². The maximum atomic E-state index is 4.92. The van der Waals surface area contributed by atoms with Crippen molar-refractivity contribution in [3.05, 3.63) is 47.9 Å². The van der Waals surface area contributed by atoms with Crippen LogP contribution < -0.4 is 5.32 Å². The quantitative estimate of drug-likeness (QED) is 0.910. The van der Waals surface area contributed by atoms with Crippen molar-refractivity contribution in [2.45, 2.75) is 45.2 Å². The van der Waals surface area contributed by atoms with E-state index in [4.69, 9.17) is 4.52 Å². The highest BCUT2D eigenvalue weighted by Crippen LogP contribution is 2.20. The van der Waals surface area contributed by atoms with Crippen molar-refractivity contribution >= 4 is 5.69 Å². The summed E-state index contributed by atoms with van der Waals surface area (Å²) < 4.78 is 4.92. The van der Waals surface area contributed by atoms with E-state index in [9.17, 15) is 0 Å². The molecule has 2 heterocycles. The van der Waals surface area contributed by atoms with Gasteiger partial charge in [0.25, 0.3) is 0 Å². The number of hydrogen-bond acceptors (Lipinski definition) is 4. The summed E-state index contributed by atoms with van der Waals surface area (Å²) >= 11 is 0. The van der Waals surface area contributed by atoms with Crippen LogP contribution in [-0.2, 0) is 6.54 Å². The van der Waals surface area contributed by atoms with Gasteiger partial charge in [0.2, 0.25) is 0 Å². The minimum absolute atomic E-state index is 0.505. The molecule has 1 unspecified atom stereocenters. The number of nitrogens with one attached hydrogen (secondary N) is 1. The summed E-state index contributed by atoms with van der Waals surface area (Å²) in [6.07, 6.45) is 4.09. The van der Waals surface area contributed by atoms with Crippen LogP contribution in [0.3, 0.4) is 0 Å². The number of aromatic nitrogens is 1. The van der Waals surface area contributed by atoms with Gasteiger partial charge in [0.1, 0.15) is 6.26 Å². The van der Waals surface area contributed by atoms with E-state index in [1.165, 1.54) is 24.1 Å². The minimum Gasteiger partial charge on any atom is -0.381 e. The van der Waals surface area contributed by atoms with Gasteiger partial charge in [-0.05, 0) is 43.0 Å². The third kappa shape index (κ3) is 3.89. The lowest BCUT2D eigenvalue weighted by atomic mass is 10.0. The number of anilines is 1. The Balaban J connectivity index is 1.55. The van der Waals surface area contributed by atoms with Crippen LogP contribution in [0.15, 0.2) is 41.1 Å². The molecule has 0 spiro atoms. The van der Waals surface area contributed by atoms with Crippen LogP contribution in [0.2, 0.25) is 0 Å². The molecule has 1 saturated heterocycles. The average Bonchev–Trinajstić information content (AvgIpc) is 3.01. The van der Waals surface area contributed by atoms with Crippen molar-refractivity contribution in [2.75, 3.05) is 18.4 Å². The van der Waals surface area contributed by atoms with Crippen molar-refractivity contribution in [3.8, 4) is 0 Å². The van der Waals surface area contributed by atoms with Gasteiger partial charge in [0, 0.05) is 30.9 Å². The van der Waals surface area contributed by atoms with Gasteiger partial charge < -0.3 is 9.84 Å². The number of nitrogens with zero attached hydrogens (tertiary/aromatic N) is 2. The van der Waals surface area contributed by atoms with Crippen LogP contribution in [0.4, 0.5) is 5.69 Å². The molecule has 0 bridgehead atoms. The second kappa shape index (κ2) is 6.97. The Morgan fingerprint density at radius 1 is 1.27 bits per heavy atom. The first-order valence-electron chi connectivity index (χ1n) is 8.19. The molecule has 2 aromatic rings. The topological polar surface area (TPSA) is 41.3 Å². The van der Waals surface area contributed by atoms with Crippen molar-refractivity contribution in [1.29, 1.82) is 0 Å². The Labute approximate surface area is 132 Å². The minimum atomic E-state index is 0.505. The van der Waals surface area contributed by atoms with Gasteiger partial charge in [0.15, 0.2) is 0 Å². The molecule has 3 rings (SSSR count). The molecule has 1 aliphatic heterocycles. The predicted octanol–water partition coefficient (Wildman–Crippen LogP) is 3.87. The lowest BCUT2D eigenvalue weighted by molar-refractivity contribution is 0.203. The fourth-order valence-corrected chi connectivity index (χ4v) is 3.07. The summed E-state index contributed by atoms with van der Waals surface area (Å²) in [6, 6.07) is 11.3. The molecular weight excluding hydrogens is 274 g/mol. The standard InChI is InChI=1S/C18H25N3O/c1-14(2)15-5-7-16(8-6-15)19-17-4-3-10-21(12-17)13-18-9-11-22-20-18/h5-9,11,14,17,19H,3-4,10,12-13H2,1-2H3. The lowest BCUT2D eigenvalue weighted by Gasteiger charge is -2.33. The van der Waals surface area contributed by atoms with Gasteiger partial charge >= 0.3 is 0 Å². The molecule has 1 aromatic heterocycles. The Bertz CT molecular complexity index is 563. The molecule has 0 radical (unpaired) electrons. The number of hydrogen-bond donors (Lipinski definition) is 1. The molecule has 118 valence electrons. The van der Waals surface area contributed by atoms with Crippen LogP contribution in [0.1, 0.15) is 43.9 Å². The Hall–Kier alpha value is -1.81. The molecule has 1 aromatic carbocycles. The fourth-order valence-electron chi connectivity index (χ4n) is 3.07. The maximum Gasteiger partial charge on any atom is 0.124 e. The van der Waals surface area contributed by atoms with Crippen molar-refractivity contribution < 1.29 is 4.52 Å². The van der Waals surface area contributed by atoms with Gasteiger partial charge in [-0.2, -0.15) is 0 Å². The molecule has 1 N–H and O–H groups in total. The Morgan fingerprint density at radius 3 is 2.77 bits per heavy atom.